The highest BCUT2D eigenvalue weighted by molar-refractivity contribution is 7.89. The van der Waals surface area contributed by atoms with Crippen LogP contribution in [0.15, 0.2) is 23.1 Å². The summed E-state index contributed by atoms with van der Waals surface area (Å²) in [6.07, 6.45) is 4.98. The molecule has 0 aliphatic carbocycles. The second-order valence-electron chi connectivity index (χ2n) is 7.07. The smallest absolute Gasteiger partial charge is 0.293 e. The molecule has 2 fully saturated rings. The minimum atomic E-state index is -3.69. The van der Waals surface area contributed by atoms with Crippen molar-refractivity contribution in [3.8, 4) is 0 Å². The molecule has 7 nitrogen and oxygen atoms in total. The van der Waals surface area contributed by atoms with Crippen LogP contribution in [0.4, 0.5) is 11.4 Å². The van der Waals surface area contributed by atoms with Gasteiger partial charge in [-0.25, -0.2) is 8.42 Å². The van der Waals surface area contributed by atoms with Gasteiger partial charge in [-0.1, -0.05) is 6.92 Å². The third-order valence-electron chi connectivity index (χ3n) is 5.10. The van der Waals surface area contributed by atoms with Crippen molar-refractivity contribution in [2.45, 2.75) is 43.9 Å². The molecular weight excluding hydrogens is 342 g/mol. The minimum absolute atomic E-state index is 0.0223. The zero-order valence-corrected chi connectivity index (χ0v) is 15.4. The number of nitro groups is 1. The van der Waals surface area contributed by atoms with E-state index in [2.05, 4.69) is 0 Å². The first kappa shape index (κ1) is 18.1. The normalized spacial score (nSPS) is 22.8. The van der Waals surface area contributed by atoms with Gasteiger partial charge in [-0.15, -0.1) is 0 Å². The highest BCUT2D eigenvalue weighted by Crippen LogP contribution is 2.34. The average molecular weight is 367 g/mol. The van der Waals surface area contributed by atoms with E-state index in [1.165, 1.54) is 16.4 Å². The van der Waals surface area contributed by atoms with Gasteiger partial charge in [-0.05, 0) is 50.2 Å². The van der Waals surface area contributed by atoms with Gasteiger partial charge in [-0.2, -0.15) is 4.31 Å². The molecule has 1 aromatic carbocycles. The number of piperidine rings is 2. The van der Waals surface area contributed by atoms with Crippen molar-refractivity contribution in [2.24, 2.45) is 5.92 Å². The second kappa shape index (κ2) is 7.29. The van der Waals surface area contributed by atoms with E-state index in [0.717, 1.165) is 45.2 Å². The summed E-state index contributed by atoms with van der Waals surface area (Å²) in [5.74, 6) is 0.311. The van der Waals surface area contributed by atoms with Crippen molar-refractivity contribution in [2.75, 3.05) is 31.1 Å². The molecule has 0 saturated carbocycles. The Labute approximate surface area is 148 Å². The third-order valence-corrected chi connectivity index (χ3v) is 6.96. The van der Waals surface area contributed by atoms with E-state index in [4.69, 9.17) is 0 Å². The summed E-state index contributed by atoms with van der Waals surface area (Å²) < 4.78 is 27.2. The van der Waals surface area contributed by atoms with Crippen LogP contribution in [0.1, 0.15) is 39.0 Å². The lowest BCUT2D eigenvalue weighted by Crippen LogP contribution is -2.39. The Morgan fingerprint density at radius 1 is 1.12 bits per heavy atom. The van der Waals surface area contributed by atoms with Crippen molar-refractivity contribution in [3.05, 3.63) is 28.3 Å². The van der Waals surface area contributed by atoms with Gasteiger partial charge in [0.15, 0.2) is 0 Å². The number of anilines is 1. The van der Waals surface area contributed by atoms with Crippen LogP contribution in [0, 0.1) is 16.0 Å². The van der Waals surface area contributed by atoms with E-state index in [-0.39, 0.29) is 10.6 Å². The highest BCUT2D eigenvalue weighted by atomic mass is 32.2. The van der Waals surface area contributed by atoms with E-state index in [0.29, 0.717) is 24.7 Å². The second-order valence-corrected chi connectivity index (χ2v) is 9.00. The van der Waals surface area contributed by atoms with Crippen LogP contribution in [0.5, 0.6) is 0 Å². The number of nitro benzene ring substituents is 1. The van der Waals surface area contributed by atoms with Crippen LogP contribution in [-0.2, 0) is 10.0 Å². The Balaban J connectivity index is 1.94. The van der Waals surface area contributed by atoms with E-state index in [1.54, 1.807) is 6.07 Å². The SMILES string of the molecule is C[C@@H]1CCCN(S(=O)(=O)c2ccc(N3CCCCC3)c([N+](=O)[O-])c2)C1. The first-order chi connectivity index (χ1) is 11.9. The van der Waals surface area contributed by atoms with Crippen LogP contribution in [0.25, 0.3) is 0 Å². The lowest BCUT2D eigenvalue weighted by molar-refractivity contribution is -0.384. The third kappa shape index (κ3) is 3.79. The standard InChI is InChI=1S/C17H25N3O4S/c1-14-6-5-11-19(13-14)25(23,24)15-7-8-16(17(12-15)20(21)22)18-9-3-2-4-10-18/h7-8,12,14H,2-6,9-11,13H2,1H3/t14-/m1/s1. The topological polar surface area (TPSA) is 83.8 Å². The van der Waals surface area contributed by atoms with Crippen LogP contribution in [0.3, 0.4) is 0 Å². The summed E-state index contributed by atoms with van der Waals surface area (Å²) in [6, 6.07) is 4.35. The first-order valence-corrected chi connectivity index (χ1v) is 10.4. The number of rotatable bonds is 4. The predicted molar refractivity (Wildman–Crippen MR) is 96.3 cm³/mol. The number of nitrogens with zero attached hydrogens (tertiary/aromatic N) is 3. The van der Waals surface area contributed by atoms with Gasteiger partial charge < -0.3 is 4.90 Å². The fraction of sp³-hybridized carbons (Fsp3) is 0.647. The molecule has 3 rings (SSSR count). The molecule has 2 aliphatic rings. The molecule has 138 valence electrons. The Bertz CT molecular complexity index is 744. The molecule has 2 heterocycles. The van der Waals surface area contributed by atoms with Gasteiger partial charge in [0.05, 0.1) is 9.82 Å². The van der Waals surface area contributed by atoms with E-state index in [9.17, 15) is 18.5 Å². The summed E-state index contributed by atoms with van der Waals surface area (Å²) in [5.41, 5.74) is 0.406. The molecule has 0 spiro atoms. The molecule has 2 aliphatic heterocycles. The van der Waals surface area contributed by atoms with Crippen molar-refractivity contribution >= 4 is 21.4 Å². The maximum absolute atomic E-state index is 12.9. The quantitative estimate of drug-likeness (QED) is 0.603. The Morgan fingerprint density at radius 2 is 1.84 bits per heavy atom. The summed E-state index contributed by atoms with van der Waals surface area (Å²) >= 11 is 0. The zero-order chi connectivity index (χ0) is 18.0. The number of hydrogen-bond acceptors (Lipinski definition) is 5. The molecule has 1 atom stereocenters. The molecule has 8 heteroatoms. The number of sulfonamides is 1. The molecule has 25 heavy (non-hydrogen) atoms. The first-order valence-electron chi connectivity index (χ1n) is 8.93. The van der Waals surface area contributed by atoms with Crippen molar-refractivity contribution in [3.63, 3.8) is 0 Å². The molecule has 2 saturated heterocycles. The van der Waals surface area contributed by atoms with Gasteiger partial charge in [-0.3, -0.25) is 10.1 Å². The minimum Gasteiger partial charge on any atom is -0.366 e. The number of benzene rings is 1. The van der Waals surface area contributed by atoms with E-state index >= 15 is 0 Å². The van der Waals surface area contributed by atoms with Gasteiger partial charge in [0, 0.05) is 32.2 Å². The Kier molecular flexibility index (Phi) is 5.29. The molecule has 0 unspecified atom stereocenters. The Hall–Kier alpha value is -1.67. The van der Waals surface area contributed by atoms with E-state index < -0.39 is 14.9 Å². The fourth-order valence-electron chi connectivity index (χ4n) is 3.73. The van der Waals surface area contributed by atoms with Crippen molar-refractivity contribution in [1.29, 1.82) is 0 Å². The number of hydrogen-bond donors (Lipinski definition) is 0. The van der Waals surface area contributed by atoms with Crippen LogP contribution < -0.4 is 4.90 Å². The van der Waals surface area contributed by atoms with Crippen LogP contribution in [0.2, 0.25) is 0 Å². The summed E-state index contributed by atoms with van der Waals surface area (Å²) in [4.78, 5) is 13.1. The summed E-state index contributed by atoms with van der Waals surface area (Å²) in [5, 5.41) is 11.5. The molecule has 1 aromatic rings. The molecule has 0 bridgehead atoms. The lowest BCUT2D eigenvalue weighted by Gasteiger charge is -2.31. The Morgan fingerprint density at radius 3 is 2.48 bits per heavy atom. The monoisotopic (exact) mass is 367 g/mol. The largest absolute Gasteiger partial charge is 0.366 e. The molecule has 0 amide bonds. The van der Waals surface area contributed by atoms with Crippen LogP contribution in [-0.4, -0.2) is 43.8 Å². The molecular formula is C17H25N3O4S. The van der Waals surface area contributed by atoms with Gasteiger partial charge >= 0.3 is 0 Å². The molecule has 0 aromatic heterocycles. The maximum atomic E-state index is 12.9. The average Bonchev–Trinajstić information content (AvgIpc) is 2.62. The highest BCUT2D eigenvalue weighted by Gasteiger charge is 2.31. The fourth-order valence-corrected chi connectivity index (χ4v) is 5.34. The van der Waals surface area contributed by atoms with Crippen molar-refractivity contribution in [1.82, 2.24) is 4.31 Å². The summed E-state index contributed by atoms with van der Waals surface area (Å²) in [6.45, 7) is 4.54. The predicted octanol–water partition coefficient (Wildman–Crippen LogP) is 3.01. The zero-order valence-electron chi connectivity index (χ0n) is 14.6. The van der Waals surface area contributed by atoms with Gasteiger partial charge in [0.2, 0.25) is 10.0 Å². The van der Waals surface area contributed by atoms with E-state index in [1.807, 2.05) is 11.8 Å². The van der Waals surface area contributed by atoms with Crippen LogP contribution >= 0.6 is 0 Å². The lowest BCUT2D eigenvalue weighted by atomic mass is 10.0. The van der Waals surface area contributed by atoms with Crippen molar-refractivity contribution < 1.29 is 13.3 Å². The molecule has 0 N–H and O–H groups in total. The van der Waals surface area contributed by atoms with Gasteiger partial charge in [0.1, 0.15) is 5.69 Å². The summed E-state index contributed by atoms with van der Waals surface area (Å²) in [7, 11) is -3.69. The van der Waals surface area contributed by atoms with Gasteiger partial charge in [0.25, 0.3) is 5.69 Å². The molecule has 0 radical (unpaired) electrons. The maximum Gasteiger partial charge on any atom is 0.293 e.